The first kappa shape index (κ1) is 28.6. The monoisotopic (exact) mass is 559 g/mol. The fraction of sp³-hybridized carbons (Fsp3) is 0.724. The molecule has 5 rings (SSSR count). The van der Waals surface area contributed by atoms with Gasteiger partial charge in [-0.05, 0) is 67.8 Å². The largest absolute Gasteiger partial charge is 0.458 e. The highest BCUT2D eigenvalue weighted by Gasteiger charge is 2.68. The maximum absolute atomic E-state index is 13.3. The van der Waals surface area contributed by atoms with Gasteiger partial charge in [-0.3, -0.25) is 24.0 Å². The first-order chi connectivity index (χ1) is 18.8. The lowest BCUT2D eigenvalue weighted by Gasteiger charge is -2.60. The van der Waals surface area contributed by atoms with E-state index in [4.69, 9.17) is 9.57 Å². The molecule has 0 bridgehead atoms. The van der Waals surface area contributed by atoms with Gasteiger partial charge >= 0.3 is 11.9 Å². The fourth-order valence-electron chi connectivity index (χ4n) is 8.50. The molecule has 0 unspecified atom stereocenters. The van der Waals surface area contributed by atoms with Crippen molar-refractivity contribution in [3.8, 4) is 0 Å². The highest BCUT2D eigenvalue weighted by Crippen LogP contribution is 2.67. The smallest absolute Gasteiger partial charge is 0.333 e. The van der Waals surface area contributed by atoms with E-state index < -0.39 is 66.1 Å². The number of aliphatic hydroxyl groups is 2. The molecule has 11 nitrogen and oxygen atoms in total. The van der Waals surface area contributed by atoms with Crippen molar-refractivity contribution >= 4 is 35.3 Å². The Labute approximate surface area is 232 Å². The van der Waals surface area contributed by atoms with E-state index in [0.717, 1.165) is 18.4 Å². The summed E-state index contributed by atoms with van der Waals surface area (Å²) in [5.41, 5.74) is -1.86. The van der Waals surface area contributed by atoms with Crippen LogP contribution in [0.2, 0.25) is 0 Å². The molecular formula is C29H37NO10. The number of Topliss-reactive ketones (excluding diaryl/α,β-unsaturated/α-hetero) is 1. The second-order valence-corrected chi connectivity index (χ2v) is 12.6. The molecule has 218 valence electrons. The predicted molar refractivity (Wildman–Crippen MR) is 135 cm³/mol. The SMILES string of the molecule is C[C@]12CCC(=O)C=C1CC[C@@H]1[C@@H]2[C@H](O)C[C@@]2(C)[C@H]1CC[C@]2(O)C(=O)COC(=O)CCC(=O)ON1C(=O)CCC1=O. The summed E-state index contributed by atoms with van der Waals surface area (Å²) in [5, 5.41) is 23.6. The molecule has 2 amide bonds. The van der Waals surface area contributed by atoms with Gasteiger partial charge in [0.2, 0.25) is 5.78 Å². The summed E-state index contributed by atoms with van der Waals surface area (Å²) < 4.78 is 5.09. The summed E-state index contributed by atoms with van der Waals surface area (Å²) in [6.07, 6.45) is 3.74. The van der Waals surface area contributed by atoms with Crippen LogP contribution in [0.5, 0.6) is 0 Å². The molecule has 40 heavy (non-hydrogen) atoms. The van der Waals surface area contributed by atoms with Gasteiger partial charge in [-0.25, -0.2) is 4.79 Å². The summed E-state index contributed by atoms with van der Waals surface area (Å²) in [4.78, 5) is 77.4. The van der Waals surface area contributed by atoms with Gasteiger partial charge in [0.15, 0.2) is 12.4 Å². The lowest BCUT2D eigenvalue weighted by Crippen LogP contribution is -2.62. The Morgan fingerprint density at radius 1 is 0.975 bits per heavy atom. The van der Waals surface area contributed by atoms with Gasteiger partial charge in [0.05, 0.1) is 18.9 Å². The first-order valence-corrected chi connectivity index (χ1v) is 14.2. The van der Waals surface area contributed by atoms with Gasteiger partial charge < -0.3 is 19.8 Å². The Bertz CT molecular complexity index is 1180. The van der Waals surface area contributed by atoms with Gasteiger partial charge in [0, 0.05) is 24.7 Å². The predicted octanol–water partition coefficient (Wildman–Crippen LogP) is 1.72. The molecule has 0 aromatic rings. The van der Waals surface area contributed by atoms with Gasteiger partial charge in [0.25, 0.3) is 11.8 Å². The summed E-state index contributed by atoms with van der Waals surface area (Å²) >= 11 is 0. The van der Waals surface area contributed by atoms with Gasteiger partial charge in [-0.15, -0.1) is 5.06 Å². The molecular weight excluding hydrogens is 522 g/mol. The minimum atomic E-state index is -1.78. The number of amides is 2. The molecule has 5 aliphatic rings. The number of aliphatic hydroxyl groups excluding tert-OH is 1. The summed E-state index contributed by atoms with van der Waals surface area (Å²) in [6, 6.07) is 0. The number of imide groups is 1. The topological polar surface area (TPSA) is 165 Å². The number of esters is 1. The van der Waals surface area contributed by atoms with Crippen LogP contribution in [0, 0.1) is 28.6 Å². The number of ketones is 2. The van der Waals surface area contributed by atoms with Crippen LogP contribution in [-0.2, 0) is 38.3 Å². The second kappa shape index (κ2) is 10.2. The maximum Gasteiger partial charge on any atom is 0.333 e. The lowest BCUT2D eigenvalue weighted by molar-refractivity contribution is -0.197. The van der Waals surface area contributed by atoms with E-state index in [1.165, 1.54) is 0 Å². The lowest BCUT2D eigenvalue weighted by atomic mass is 9.45. The van der Waals surface area contributed by atoms with Crippen LogP contribution in [0.25, 0.3) is 0 Å². The highest BCUT2D eigenvalue weighted by molar-refractivity contribution is 6.01. The standard InChI is InChI=1S/C29H37NO10/c1-27-11-9-17(31)13-16(27)3-4-18-19-10-12-29(38,28(19,2)14-20(32)26(18)27)21(33)15-39-24(36)7-8-25(37)40-30-22(34)5-6-23(30)35/h13,18-20,26,32,38H,3-12,14-15H2,1-2H3/t18-,19-,20+,26+,27-,28-,29-/m0/s1. The molecule has 0 spiro atoms. The number of fused-ring (bicyclic) bond motifs is 5. The number of hydroxylamine groups is 2. The molecule has 7 atom stereocenters. The van der Waals surface area contributed by atoms with Crippen LogP contribution >= 0.6 is 0 Å². The van der Waals surface area contributed by atoms with Crippen LogP contribution < -0.4 is 0 Å². The molecule has 0 radical (unpaired) electrons. The molecule has 0 aromatic heterocycles. The second-order valence-electron chi connectivity index (χ2n) is 12.6. The number of allylic oxidation sites excluding steroid dienone is 1. The van der Waals surface area contributed by atoms with Gasteiger partial charge in [-0.2, -0.15) is 0 Å². The molecule has 2 N–H and O–H groups in total. The summed E-state index contributed by atoms with van der Waals surface area (Å²) in [5.74, 6) is -3.55. The average molecular weight is 560 g/mol. The quantitative estimate of drug-likeness (QED) is 0.347. The third-order valence-corrected chi connectivity index (χ3v) is 10.6. The summed E-state index contributed by atoms with van der Waals surface area (Å²) in [7, 11) is 0. The zero-order valence-corrected chi connectivity index (χ0v) is 23.0. The third kappa shape index (κ3) is 4.51. The van der Waals surface area contributed by atoms with E-state index in [0.29, 0.717) is 24.3 Å². The van der Waals surface area contributed by atoms with Crippen molar-refractivity contribution in [2.75, 3.05) is 6.61 Å². The van der Waals surface area contributed by atoms with Crippen molar-refractivity contribution < 1.29 is 48.6 Å². The van der Waals surface area contributed by atoms with Crippen molar-refractivity contribution in [1.29, 1.82) is 0 Å². The molecule has 4 fully saturated rings. The van der Waals surface area contributed by atoms with E-state index >= 15 is 0 Å². The normalized spacial score (nSPS) is 38.8. The van der Waals surface area contributed by atoms with Crippen LogP contribution in [0.4, 0.5) is 0 Å². The Morgan fingerprint density at radius 3 is 2.35 bits per heavy atom. The van der Waals surface area contributed by atoms with Crippen LogP contribution in [0.15, 0.2) is 11.6 Å². The number of nitrogens with zero attached hydrogens (tertiary/aromatic N) is 1. The molecule has 1 heterocycles. The number of carbonyl (C=O) groups is 6. The molecule has 3 saturated carbocycles. The average Bonchev–Trinajstić information content (AvgIpc) is 3.36. The van der Waals surface area contributed by atoms with Crippen LogP contribution in [0.3, 0.4) is 0 Å². The zero-order valence-electron chi connectivity index (χ0n) is 23.0. The van der Waals surface area contributed by atoms with Crippen molar-refractivity contribution in [3.05, 3.63) is 11.6 Å². The van der Waals surface area contributed by atoms with E-state index in [-0.39, 0.29) is 54.6 Å². The zero-order chi connectivity index (χ0) is 29.0. The van der Waals surface area contributed by atoms with Gasteiger partial charge in [0.1, 0.15) is 5.60 Å². The fourth-order valence-corrected chi connectivity index (χ4v) is 8.50. The number of hydrogen-bond donors (Lipinski definition) is 2. The Hall–Kier alpha value is -2.92. The van der Waals surface area contributed by atoms with Crippen molar-refractivity contribution in [2.45, 2.75) is 96.2 Å². The van der Waals surface area contributed by atoms with E-state index in [9.17, 15) is 39.0 Å². The maximum atomic E-state index is 13.3. The number of carbonyl (C=O) groups excluding carboxylic acids is 6. The number of ether oxygens (including phenoxy) is 1. The minimum Gasteiger partial charge on any atom is -0.458 e. The first-order valence-electron chi connectivity index (χ1n) is 14.2. The van der Waals surface area contributed by atoms with Gasteiger partial charge in [-0.1, -0.05) is 19.4 Å². The van der Waals surface area contributed by atoms with Crippen LogP contribution in [0.1, 0.15) is 84.5 Å². The molecule has 11 heteroatoms. The number of rotatable bonds is 7. The molecule has 1 aliphatic heterocycles. The summed E-state index contributed by atoms with van der Waals surface area (Å²) in [6.45, 7) is 3.31. The Kier molecular flexibility index (Phi) is 7.27. The minimum absolute atomic E-state index is 0.00710. The van der Waals surface area contributed by atoms with E-state index in [1.807, 2.05) is 6.92 Å². The highest BCUT2D eigenvalue weighted by atomic mass is 16.7. The Morgan fingerprint density at radius 2 is 1.65 bits per heavy atom. The Balaban J connectivity index is 1.20. The van der Waals surface area contributed by atoms with Crippen molar-refractivity contribution in [3.63, 3.8) is 0 Å². The van der Waals surface area contributed by atoms with Crippen LogP contribution in [-0.4, -0.2) is 68.9 Å². The van der Waals surface area contributed by atoms with E-state index in [1.54, 1.807) is 6.08 Å². The van der Waals surface area contributed by atoms with Crippen molar-refractivity contribution in [2.24, 2.45) is 28.6 Å². The van der Waals surface area contributed by atoms with Crippen molar-refractivity contribution in [1.82, 2.24) is 5.06 Å². The third-order valence-electron chi connectivity index (χ3n) is 10.6. The molecule has 1 saturated heterocycles. The molecule has 0 aromatic carbocycles. The number of hydrogen-bond acceptors (Lipinski definition) is 10. The van der Waals surface area contributed by atoms with E-state index in [2.05, 4.69) is 6.92 Å². The molecule has 4 aliphatic carbocycles.